The Bertz CT molecular complexity index is 435. The van der Waals surface area contributed by atoms with E-state index in [4.69, 9.17) is 13.9 Å². The van der Waals surface area contributed by atoms with Crippen LogP contribution in [0.4, 0.5) is 0 Å². The minimum atomic E-state index is -0.192. The molecule has 0 unspecified atom stereocenters. The van der Waals surface area contributed by atoms with Crippen molar-refractivity contribution in [2.45, 2.75) is 32.0 Å². The van der Waals surface area contributed by atoms with Gasteiger partial charge in [-0.3, -0.25) is 9.80 Å². The Morgan fingerprint density at radius 2 is 2.14 bits per heavy atom. The molecule has 0 amide bonds. The van der Waals surface area contributed by atoms with E-state index in [9.17, 15) is 0 Å². The lowest BCUT2D eigenvalue weighted by Gasteiger charge is -2.44. The molecule has 1 atom stereocenters. The normalized spacial score (nSPS) is 29.1. The van der Waals surface area contributed by atoms with Gasteiger partial charge in [0.25, 0.3) is 0 Å². The molecule has 0 aromatic carbocycles. The lowest BCUT2D eigenvalue weighted by molar-refractivity contribution is -0.144. The smallest absolute Gasteiger partial charge is 0.117 e. The van der Waals surface area contributed by atoms with E-state index in [0.717, 1.165) is 45.9 Å². The molecule has 2 aliphatic heterocycles. The molecular formula is C16H26N2O3. The van der Waals surface area contributed by atoms with Crippen LogP contribution in [0.5, 0.6) is 0 Å². The molecule has 2 fully saturated rings. The maximum atomic E-state index is 6.18. The van der Waals surface area contributed by atoms with E-state index in [1.54, 1.807) is 6.26 Å². The number of hydrogen-bond acceptors (Lipinski definition) is 5. The number of hydrogen-bond donors (Lipinski definition) is 0. The maximum Gasteiger partial charge on any atom is 0.117 e. The fourth-order valence-corrected chi connectivity index (χ4v) is 3.26. The summed E-state index contributed by atoms with van der Waals surface area (Å²) in [4.78, 5) is 4.91. The summed E-state index contributed by atoms with van der Waals surface area (Å²) in [5.74, 6) is 0. The van der Waals surface area contributed by atoms with E-state index in [-0.39, 0.29) is 5.60 Å². The molecule has 0 saturated carbocycles. The lowest BCUT2D eigenvalue weighted by atomic mass is 10.0. The maximum absolute atomic E-state index is 6.18. The summed E-state index contributed by atoms with van der Waals surface area (Å²) >= 11 is 0. The van der Waals surface area contributed by atoms with E-state index < -0.39 is 0 Å². The molecule has 0 bridgehead atoms. The number of furan rings is 1. The van der Waals surface area contributed by atoms with Crippen molar-refractivity contribution in [2.24, 2.45) is 0 Å². The minimum absolute atomic E-state index is 0.192. The third kappa shape index (κ3) is 3.66. The van der Waals surface area contributed by atoms with E-state index in [1.165, 1.54) is 5.56 Å². The van der Waals surface area contributed by atoms with Crippen molar-refractivity contribution in [3.8, 4) is 0 Å². The fraction of sp³-hybridized carbons (Fsp3) is 0.750. The van der Waals surface area contributed by atoms with Crippen LogP contribution in [0.15, 0.2) is 23.0 Å². The zero-order valence-electron chi connectivity index (χ0n) is 13.1. The third-order valence-corrected chi connectivity index (χ3v) is 4.42. The van der Waals surface area contributed by atoms with Gasteiger partial charge in [-0.15, -0.1) is 0 Å². The highest BCUT2D eigenvalue weighted by molar-refractivity contribution is 5.06. The Morgan fingerprint density at radius 3 is 2.90 bits per heavy atom. The zero-order valence-corrected chi connectivity index (χ0v) is 13.1. The van der Waals surface area contributed by atoms with Crippen molar-refractivity contribution >= 4 is 0 Å². The quantitative estimate of drug-likeness (QED) is 0.846. The fourth-order valence-electron chi connectivity index (χ4n) is 3.26. The van der Waals surface area contributed by atoms with Crippen LogP contribution >= 0.6 is 0 Å². The van der Waals surface area contributed by atoms with Gasteiger partial charge < -0.3 is 13.9 Å². The molecule has 1 aromatic heterocycles. The van der Waals surface area contributed by atoms with Gasteiger partial charge in [-0.05, 0) is 19.9 Å². The molecule has 21 heavy (non-hydrogen) atoms. The molecule has 0 aliphatic carbocycles. The molecular weight excluding hydrogens is 268 g/mol. The number of nitrogens with zero attached hydrogens (tertiary/aromatic N) is 2. The average Bonchev–Trinajstić information content (AvgIpc) is 2.87. The SMILES string of the molecule is CC(C)N1CCOC[C@@]2(CN(Cc3ccoc3)CCO2)C1. The van der Waals surface area contributed by atoms with E-state index in [2.05, 4.69) is 23.6 Å². The Morgan fingerprint density at radius 1 is 1.24 bits per heavy atom. The molecule has 118 valence electrons. The molecule has 5 nitrogen and oxygen atoms in total. The van der Waals surface area contributed by atoms with Gasteiger partial charge in [-0.2, -0.15) is 0 Å². The summed E-state index contributed by atoms with van der Waals surface area (Å²) in [5.41, 5.74) is 1.03. The zero-order chi connectivity index (χ0) is 14.7. The lowest BCUT2D eigenvalue weighted by Crippen LogP contribution is -2.59. The van der Waals surface area contributed by atoms with Crippen LogP contribution in [-0.4, -0.2) is 67.4 Å². The highest BCUT2D eigenvalue weighted by Gasteiger charge is 2.40. The van der Waals surface area contributed by atoms with Crippen molar-refractivity contribution in [1.29, 1.82) is 0 Å². The minimum Gasteiger partial charge on any atom is -0.472 e. The monoisotopic (exact) mass is 294 g/mol. The second kappa shape index (κ2) is 6.48. The molecule has 1 spiro atoms. The first kappa shape index (κ1) is 15.0. The Kier molecular flexibility index (Phi) is 4.64. The summed E-state index contributed by atoms with van der Waals surface area (Å²) in [5, 5.41) is 0. The van der Waals surface area contributed by atoms with Gasteiger partial charge >= 0.3 is 0 Å². The van der Waals surface area contributed by atoms with E-state index in [0.29, 0.717) is 12.6 Å². The second-order valence-corrected chi connectivity index (χ2v) is 6.49. The molecule has 5 heteroatoms. The summed E-state index contributed by atoms with van der Waals surface area (Å²) in [6.45, 7) is 11.5. The third-order valence-electron chi connectivity index (χ3n) is 4.42. The Balaban J connectivity index is 1.67. The first-order valence-electron chi connectivity index (χ1n) is 7.86. The Labute approximate surface area is 126 Å². The predicted molar refractivity (Wildman–Crippen MR) is 80.2 cm³/mol. The summed E-state index contributed by atoms with van der Waals surface area (Å²) in [7, 11) is 0. The van der Waals surface area contributed by atoms with Crippen molar-refractivity contribution in [2.75, 3.05) is 46.0 Å². The standard InChI is InChI=1S/C16H26N2O3/c1-14(2)18-5-7-20-13-16(12-18)11-17(4-8-21-16)9-15-3-6-19-10-15/h3,6,10,14H,4-5,7-9,11-13H2,1-2H3/t16-/m1/s1. The van der Waals surface area contributed by atoms with Crippen molar-refractivity contribution in [3.05, 3.63) is 24.2 Å². The van der Waals surface area contributed by atoms with Crippen LogP contribution in [0.3, 0.4) is 0 Å². The van der Waals surface area contributed by atoms with Crippen LogP contribution in [0.2, 0.25) is 0 Å². The van der Waals surface area contributed by atoms with Crippen LogP contribution in [-0.2, 0) is 16.0 Å². The van der Waals surface area contributed by atoms with Gasteiger partial charge in [0.1, 0.15) is 5.60 Å². The van der Waals surface area contributed by atoms with Crippen molar-refractivity contribution < 1.29 is 13.9 Å². The number of rotatable bonds is 3. The second-order valence-electron chi connectivity index (χ2n) is 6.49. The van der Waals surface area contributed by atoms with Gasteiger partial charge in [0.2, 0.25) is 0 Å². The average molecular weight is 294 g/mol. The van der Waals surface area contributed by atoms with Crippen molar-refractivity contribution in [3.63, 3.8) is 0 Å². The highest BCUT2D eigenvalue weighted by Crippen LogP contribution is 2.24. The molecule has 2 saturated heterocycles. The summed E-state index contributed by atoms with van der Waals surface area (Å²) in [6.07, 6.45) is 3.56. The van der Waals surface area contributed by atoms with Gasteiger partial charge in [-0.25, -0.2) is 0 Å². The number of morpholine rings is 1. The first-order chi connectivity index (χ1) is 10.2. The first-order valence-corrected chi connectivity index (χ1v) is 7.86. The van der Waals surface area contributed by atoms with Gasteiger partial charge in [-0.1, -0.05) is 0 Å². The van der Waals surface area contributed by atoms with Gasteiger partial charge in [0.15, 0.2) is 0 Å². The topological polar surface area (TPSA) is 38.1 Å². The highest BCUT2D eigenvalue weighted by atomic mass is 16.5. The van der Waals surface area contributed by atoms with E-state index in [1.807, 2.05) is 12.3 Å². The Hall–Kier alpha value is -0.880. The van der Waals surface area contributed by atoms with E-state index >= 15 is 0 Å². The van der Waals surface area contributed by atoms with Crippen LogP contribution in [0.25, 0.3) is 0 Å². The molecule has 1 aromatic rings. The van der Waals surface area contributed by atoms with Crippen LogP contribution in [0, 0.1) is 0 Å². The summed E-state index contributed by atoms with van der Waals surface area (Å²) in [6, 6.07) is 2.56. The van der Waals surface area contributed by atoms with Crippen LogP contribution in [0.1, 0.15) is 19.4 Å². The largest absolute Gasteiger partial charge is 0.472 e. The van der Waals surface area contributed by atoms with Gasteiger partial charge in [0.05, 0.1) is 32.3 Å². The molecule has 2 aliphatic rings. The summed E-state index contributed by atoms with van der Waals surface area (Å²) < 4.78 is 17.2. The molecule has 0 N–H and O–H groups in total. The molecule has 3 heterocycles. The van der Waals surface area contributed by atoms with Crippen molar-refractivity contribution in [1.82, 2.24) is 9.80 Å². The van der Waals surface area contributed by atoms with Crippen LogP contribution < -0.4 is 0 Å². The number of ether oxygens (including phenoxy) is 2. The molecule has 3 rings (SSSR count). The van der Waals surface area contributed by atoms with Gasteiger partial charge in [0, 0.05) is 44.3 Å². The predicted octanol–water partition coefficient (Wildman–Crippen LogP) is 1.59. The molecule has 0 radical (unpaired) electrons.